The molecule has 6 nitrogen and oxygen atoms in total. The van der Waals surface area contributed by atoms with Gasteiger partial charge >= 0.3 is 0 Å². The SMILES string of the molecule is CN1CCN(C)C1=C(C#N)c1ccc([N+](=O)[O-])cc1. The van der Waals surface area contributed by atoms with Crippen molar-refractivity contribution in [3.63, 3.8) is 0 Å². The van der Waals surface area contributed by atoms with Crippen molar-refractivity contribution in [2.24, 2.45) is 0 Å². The molecule has 0 bridgehead atoms. The van der Waals surface area contributed by atoms with Gasteiger partial charge in [-0.15, -0.1) is 0 Å². The minimum Gasteiger partial charge on any atom is -0.358 e. The van der Waals surface area contributed by atoms with Gasteiger partial charge in [-0.2, -0.15) is 5.26 Å². The fourth-order valence-electron chi connectivity index (χ4n) is 2.18. The second kappa shape index (κ2) is 4.98. The van der Waals surface area contributed by atoms with Crippen LogP contribution < -0.4 is 0 Å². The fraction of sp³-hybridized carbons (Fsp3) is 0.308. The molecule has 0 aromatic heterocycles. The standard InChI is InChI=1S/C13H14N4O2/c1-15-7-8-16(2)13(15)12(9-14)10-3-5-11(6-4-10)17(18)19/h3-6H,7-8H2,1-2H3. The molecule has 2 rings (SSSR count). The van der Waals surface area contributed by atoms with Gasteiger partial charge in [0.05, 0.1) is 10.5 Å². The maximum Gasteiger partial charge on any atom is 0.269 e. The number of nitrogens with zero attached hydrogens (tertiary/aromatic N) is 4. The molecule has 1 heterocycles. The van der Waals surface area contributed by atoms with Crippen molar-refractivity contribution in [2.75, 3.05) is 27.2 Å². The molecule has 0 N–H and O–H groups in total. The second-order valence-electron chi connectivity index (χ2n) is 4.46. The lowest BCUT2D eigenvalue weighted by atomic mass is 10.1. The van der Waals surface area contributed by atoms with Gasteiger partial charge in [0.15, 0.2) is 0 Å². The van der Waals surface area contributed by atoms with Crippen molar-refractivity contribution in [3.05, 3.63) is 45.8 Å². The summed E-state index contributed by atoms with van der Waals surface area (Å²) in [5, 5.41) is 20.0. The molecule has 1 aromatic rings. The Hall–Kier alpha value is -2.55. The van der Waals surface area contributed by atoms with Crippen LogP contribution in [-0.2, 0) is 0 Å². The number of benzene rings is 1. The molecule has 0 radical (unpaired) electrons. The van der Waals surface area contributed by atoms with Gasteiger partial charge in [0.2, 0.25) is 0 Å². The molecule has 1 aliphatic rings. The predicted molar refractivity (Wildman–Crippen MR) is 70.9 cm³/mol. The normalized spacial score (nSPS) is 14.5. The van der Waals surface area contributed by atoms with Gasteiger partial charge in [-0.1, -0.05) is 0 Å². The molecule has 0 amide bonds. The number of nitro benzene ring substituents is 1. The summed E-state index contributed by atoms with van der Waals surface area (Å²) < 4.78 is 0. The summed E-state index contributed by atoms with van der Waals surface area (Å²) in [4.78, 5) is 14.2. The number of likely N-dealkylation sites (N-methyl/N-ethyl adjacent to an activating group) is 2. The molecule has 0 unspecified atom stereocenters. The number of hydrogen-bond acceptors (Lipinski definition) is 5. The van der Waals surface area contributed by atoms with Crippen molar-refractivity contribution in [1.82, 2.24) is 9.80 Å². The molecule has 0 spiro atoms. The summed E-state index contributed by atoms with van der Waals surface area (Å²) in [6.07, 6.45) is 0. The maximum atomic E-state index is 10.6. The zero-order valence-corrected chi connectivity index (χ0v) is 10.8. The molecule has 19 heavy (non-hydrogen) atoms. The first kappa shape index (κ1) is 12.9. The molecule has 1 fully saturated rings. The lowest BCUT2D eigenvalue weighted by Crippen LogP contribution is -2.18. The van der Waals surface area contributed by atoms with Gasteiger partial charge in [-0.25, -0.2) is 0 Å². The molecule has 0 atom stereocenters. The Morgan fingerprint density at radius 3 is 2.21 bits per heavy atom. The van der Waals surface area contributed by atoms with Gasteiger partial charge in [-0.3, -0.25) is 10.1 Å². The minimum atomic E-state index is -0.448. The average molecular weight is 258 g/mol. The Bertz CT molecular complexity index is 559. The van der Waals surface area contributed by atoms with Crippen molar-refractivity contribution in [3.8, 4) is 6.07 Å². The molecule has 98 valence electrons. The highest BCUT2D eigenvalue weighted by Crippen LogP contribution is 2.26. The number of allylic oxidation sites excluding steroid dienone is 1. The fourth-order valence-corrected chi connectivity index (χ4v) is 2.18. The number of nitriles is 1. The molecule has 1 aliphatic heterocycles. The third-order valence-electron chi connectivity index (χ3n) is 3.20. The monoisotopic (exact) mass is 258 g/mol. The number of hydrogen-bond donors (Lipinski definition) is 0. The van der Waals surface area contributed by atoms with Crippen LogP contribution >= 0.6 is 0 Å². The van der Waals surface area contributed by atoms with Crippen LogP contribution in [-0.4, -0.2) is 41.9 Å². The first-order chi connectivity index (χ1) is 9.04. The third kappa shape index (κ3) is 2.36. The van der Waals surface area contributed by atoms with E-state index in [1.54, 1.807) is 12.1 Å². The van der Waals surface area contributed by atoms with Crippen molar-refractivity contribution < 1.29 is 4.92 Å². The molecule has 6 heteroatoms. The smallest absolute Gasteiger partial charge is 0.269 e. The van der Waals surface area contributed by atoms with Gasteiger partial charge in [0.1, 0.15) is 11.9 Å². The zero-order chi connectivity index (χ0) is 14.0. The van der Waals surface area contributed by atoms with Gasteiger partial charge in [0.25, 0.3) is 5.69 Å². The Balaban J connectivity index is 2.46. The number of non-ortho nitro benzene ring substituents is 1. The Labute approximate surface area is 111 Å². The Morgan fingerprint density at radius 1 is 1.26 bits per heavy atom. The first-order valence-corrected chi connectivity index (χ1v) is 5.86. The quantitative estimate of drug-likeness (QED) is 0.458. The summed E-state index contributed by atoms with van der Waals surface area (Å²) in [6.45, 7) is 1.73. The second-order valence-corrected chi connectivity index (χ2v) is 4.46. The topological polar surface area (TPSA) is 73.4 Å². The van der Waals surface area contributed by atoms with E-state index in [4.69, 9.17) is 0 Å². The first-order valence-electron chi connectivity index (χ1n) is 5.86. The van der Waals surface area contributed by atoms with E-state index in [9.17, 15) is 15.4 Å². The molecule has 0 aliphatic carbocycles. The van der Waals surface area contributed by atoms with Crippen molar-refractivity contribution in [1.29, 1.82) is 5.26 Å². The summed E-state index contributed by atoms with van der Waals surface area (Å²) in [7, 11) is 3.86. The highest BCUT2D eigenvalue weighted by Gasteiger charge is 2.23. The van der Waals surface area contributed by atoms with Gasteiger partial charge in [0, 0.05) is 39.3 Å². The Kier molecular flexibility index (Phi) is 3.38. The van der Waals surface area contributed by atoms with Crippen molar-refractivity contribution in [2.45, 2.75) is 0 Å². The van der Waals surface area contributed by atoms with E-state index in [-0.39, 0.29) is 5.69 Å². The molecule has 1 saturated heterocycles. The summed E-state index contributed by atoms with van der Waals surface area (Å²) in [6, 6.07) is 8.26. The van der Waals surface area contributed by atoms with E-state index >= 15 is 0 Å². The van der Waals surface area contributed by atoms with Crippen molar-refractivity contribution >= 4 is 11.3 Å². The van der Waals surface area contributed by atoms with E-state index in [0.717, 1.165) is 18.9 Å². The van der Waals surface area contributed by atoms with E-state index < -0.39 is 4.92 Å². The van der Waals surface area contributed by atoms with Crippen LogP contribution in [0, 0.1) is 21.4 Å². The van der Waals surface area contributed by atoms with Gasteiger partial charge < -0.3 is 9.80 Å². The van der Waals surface area contributed by atoms with Crippen LogP contribution in [0.5, 0.6) is 0 Å². The summed E-state index contributed by atoms with van der Waals surface area (Å²) in [5.74, 6) is 0.858. The van der Waals surface area contributed by atoms with Crippen LogP contribution in [0.3, 0.4) is 0 Å². The largest absolute Gasteiger partial charge is 0.358 e. The number of rotatable bonds is 2. The predicted octanol–water partition coefficient (Wildman–Crippen LogP) is 1.66. The van der Waals surface area contributed by atoms with E-state index in [2.05, 4.69) is 6.07 Å². The van der Waals surface area contributed by atoms with E-state index in [0.29, 0.717) is 11.1 Å². The maximum absolute atomic E-state index is 10.6. The molecule has 0 saturated carbocycles. The van der Waals surface area contributed by atoms with Crippen LogP contribution in [0.15, 0.2) is 30.1 Å². The Morgan fingerprint density at radius 2 is 1.79 bits per heavy atom. The van der Waals surface area contributed by atoms with Gasteiger partial charge in [-0.05, 0) is 17.7 Å². The third-order valence-corrected chi connectivity index (χ3v) is 3.20. The lowest BCUT2D eigenvalue weighted by Gasteiger charge is -2.19. The van der Waals surface area contributed by atoms with Crippen LogP contribution in [0.1, 0.15) is 5.56 Å². The molecular weight excluding hydrogens is 244 g/mol. The molecule has 1 aromatic carbocycles. The van der Waals surface area contributed by atoms with E-state index in [1.807, 2.05) is 23.9 Å². The van der Waals surface area contributed by atoms with E-state index in [1.165, 1.54) is 12.1 Å². The van der Waals surface area contributed by atoms with Crippen LogP contribution in [0.4, 0.5) is 5.69 Å². The summed E-state index contributed by atoms with van der Waals surface area (Å²) in [5.41, 5.74) is 1.26. The molecular formula is C13H14N4O2. The highest BCUT2D eigenvalue weighted by molar-refractivity contribution is 5.79. The zero-order valence-electron chi connectivity index (χ0n) is 10.8. The lowest BCUT2D eigenvalue weighted by molar-refractivity contribution is -0.384. The highest BCUT2D eigenvalue weighted by atomic mass is 16.6. The average Bonchev–Trinajstić information content (AvgIpc) is 2.72. The summed E-state index contributed by atoms with van der Waals surface area (Å²) >= 11 is 0. The van der Waals surface area contributed by atoms with Crippen LogP contribution in [0.25, 0.3) is 5.57 Å². The minimum absolute atomic E-state index is 0.0270. The van der Waals surface area contributed by atoms with Crippen LogP contribution in [0.2, 0.25) is 0 Å². The number of nitro groups is 1.